The van der Waals surface area contributed by atoms with Crippen LogP contribution in [0, 0.1) is 0 Å². The van der Waals surface area contributed by atoms with E-state index >= 15 is 0 Å². The quantitative estimate of drug-likeness (QED) is 0.165. The summed E-state index contributed by atoms with van der Waals surface area (Å²) in [6.07, 6.45) is 5.34. The molecule has 1 amide bonds. The van der Waals surface area contributed by atoms with Crippen LogP contribution in [-0.2, 0) is 4.79 Å². The summed E-state index contributed by atoms with van der Waals surface area (Å²) in [5.41, 5.74) is 4.74. The van der Waals surface area contributed by atoms with E-state index in [1.165, 1.54) is 6.07 Å². The molecule has 3 aromatic carbocycles. The summed E-state index contributed by atoms with van der Waals surface area (Å²) < 4.78 is 6.01. The molecule has 3 aromatic rings. The number of hydrogen-bond acceptors (Lipinski definition) is 6. The van der Waals surface area contributed by atoms with E-state index in [-0.39, 0.29) is 29.6 Å². The molecule has 6 nitrogen and oxygen atoms in total. The van der Waals surface area contributed by atoms with Crippen molar-refractivity contribution in [2.24, 2.45) is 0 Å². The summed E-state index contributed by atoms with van der Waals surface area (Å²) in [6.45, 7) is 3.59. The van der Waals surface area contributed by atoms with Crippen LogP contribution in [0.4, 0.5) is 0 Å². The van der Waals surface area contributed by atoms with Crippen LogP contribution in [0.3, 0.4) is 0 Å². The standard InChI is InChI=1S/C35H41NO5S/c1-3-4-19-36(2)33(39)24-42-21-10-6-9-20-41-28-16-13-26(14-17-28)34-29-18-15-27(37)22-31(29)35(40)32(38)23-30(34)25-11-7-5-8-12-25/h5,7-8,11-18,22,37-38,40H,3-4,6,9-10,19-21,23-24H2,1-2H3. The Hall–Kier alpha value is -3.84. The summed E-state index contributed by atoms with van der Waals surface area (Å²) in [5, 5.41) is 31.7. The molecule has 0 saturated carbocycles. The van der Waals surface area contributed by atoms with E-state index in [0.29, 0.717) is 17.9 Å². The Morgan fingerprint density at radius 3 is 2.38 bits per heavy atom. The lowest BCUT2D eigenvalue weighted by Gasteiger charge is -2.17. The minimum atomic E-state index is -0.228. The average molecular weight is 588 g/mol. The fraction of sp³-hybridized carbons (Fsp3) is 0.343. The van der Waals surface area contributed by atoms with Crippen molar-refractivity contribution in [1.82, 2.24) is 4.90 Å². The second kappa shape index (κ2) is 15.4. The summed E-state index contributed by atoms with van der Waals surface area (Å²) in [7, 11) is 1.88. The normalized spacial score (nSPS) is 13.1. The van der Waals surface area contributed by atoms with Gasteiger partial charge in [-0.15, -0.1) is 0 Å². The number of aliphatic hydroxyl groups is 2. The topological polar surface area (TPSA) is 90.2 Å². The van der Waals surface area contributed by atoms with Crippen molar-refractivity contribution in [3.05, 3.63) is 101 Å². The molecule has 1 aliphatic carbocycles. The number of amides is 1. The monoisotopic (exact) mass is 587 g/mol. The molecular weight excluding hydrogens is 546 g/mol. The minimum Gasteiger partial charge on any atom is -0.508 e. The first kappa shape index (κ1) is 31.1. The highest BCUT2D eigenvalue weighted by atomic mass is 32.2. The van der Waals surface area contributed by atoms with Crippen molar-refractivity contribution < 1.29 is 24.9 Å². The smallest absolute Gasteiger partial charge is 0.232 e. The van der Waals surface area contributed by atoms with Gasteiger partial charge in [0.2, 0.25) is 5.91 Å². The van der Waals surface area contributed by atoms with E-state index in [1.54, 1.807) is 23.9 Å². The molecule has 4 rings (SSSR count). The van der Waals surface area contributed by atoms with Gasteiger partial charge in [-0.05, 0) is 89.6 Å². The number of rotatable bonds is 14. The molecule has 0 saturated heterocycles. The summed E-state index contributed by atoms with van der Waals surface area (Å²) in [6, 6.07) is 22.6. The van der Waals surface area contributed by atoms with Gasteiger partial charge in [-0.3, -0.25) is 4.79 Å². The third-order valence-corrected chi connectivity index (χ3v) is 8.44. The number of aliphatic hydroxyl groups excluding tert-OH is 2. The molecule has 0 aliphatic heterocycles. The van der Waals surface area contributed by atoms with Crippen molar-refractivity contribution in [2.45, 2.75) is 45.4 Å². The maximum atomic E-state index is 12.1. The Morgan fingerprint density at radius 2 is 1.64 bits per heavy atom. The van der Waals surface area contributed by atoms with Gasteiger partial charge in [0.25, 0.3) is 0 Å². The van der Waals surface area contributed by atoms with E-state index < -0.39 is 0 Å². The van der Waals surface area contributed by atoms with Crippen LogP contribution in [0.15, 0.2) is 78.6 Å². The van der Waals surface area contributed by atoms with Crippen molar-refractivity contribution >= 4 is 34.6 Å². The van der Waals surface area contributed by atoms with Crippen molar-refractivity contribution in [3.8, 4) is 11.5 Å². The molecule has 222 valence electrons. The molecule has 0 unspecified atom stereocenters. The molecule has 0 atom stereocenters. The van der Waals surface area contributed by atoms with Crippen LogP contribution in [0.2, 0.25) is 0 Å². The minimum absolute atomic E-state index is 0.0152. The Bertz CT molecular complexity index is 1400. The molecule has 1 aliphatic rings. The highest BCUT2D eigenvalue weighted by Gasteiger charge is 2.25. The molecule has 0 aromatic heterocycles. The molecule has 0 fully saturated rings. The van der Waals surface area contributed by atoms with Gasteiger partial charge in [-0.25, -0.2) is 0 Å². The number of phenols is 1. The molecule has 42 heavy (non-hydrogen) atoms. The number of carbonyl (C=O) groups excluding carboxylic acids is 1. The van der Waals surface area contributed by atoms with E-state index in [0.717, 1.165) is 78.0 Å². The van der Waals surface area contributed by atoms with Crippen molar-refractivity contribution in [2.75, 3.05) is 31.7 Å². The predicted octanol–water partition coefficient (Wildman–Crippen LogP) is 8.08. The third-order valence-electron chi connectivity index (χ3n) is 7.41. The predicted molar refractivity (Wildman–Crippen MR) is 173 cm³/mol. The fourth-order valence-electron chi connectivity index (χ4n) is 5.00. The van der Waals surface area contributed by atoms with Gasteiger partial charge in [0.15, 0.2) is 5.76 Å². The van der Waals surface area contributed by atoms with Crippen LogP contribution in [0.25, 0.3) is 16.9 Å². The molecule has 3 N–H and O–H groups in total. The lowest BCUT2D eigenvalue weighted by molar-refractivity contribution is -0.127. The van der Waals surface area contributed by atoms with Gasteiger partial charge < -0.3 is 25.0 Å². The number of unbranched alkanes of at least 4 members (excludes halogenated alkanes) is 3. The first-order valence-corrected chi connectivity index (χ1v) is 15.8. The Morgan fingerprint density at radius 1 is 0.881 bits per heavy atom. The zero-order valence-electron chi connectivity index (χ0n) is 24.5. The number of benzene rings is 3. The first-order chi connectivity index (χ1) is 20.4. The van der Waals surface area contributed by atoms with Gasteiger partial charge >= 0.3 is 0 Å². The lowest BCUT2D eigenvalue weighted by Crippen LogP contribution is -2.29. The van der Waals surface area contributed by atoms with E-state index in [4.69, 9.17) is 4.74 Å². The highest BCUT2D eigenvalue weighted by molar-refractivity contribution is 7.99. The maximum absolute atomic E-state index is 12.1. The number of nitrogens with zero attached hydrogens (tertiary/aromatic N) is 1. The highest BCUT2D eigenvalue weighted by Crippen LogP contribution is 2.43. The largest absolute Gasteiger partial charge is 0.508 e. The number of allylic oxidation sites excluding steroid dienone is 1. The Labute approximate surface area is 253 Å². The second-order valence-electron chi connectivity index (χ2n) is 10.6. The molecular formula is C35H41NO5S. The average Bonchev–Trinajstić information content (AvgIpc) is 3.11. The number of carbonyl (C=O) groups is 1. The van der Waals surface area contributed by atoms with Crippen LogP contribution in [-0.4, -0.2) is 57.8 Å². The molecule has 0 spiro atoms. The molecule has 0 bridgehead atoms. The SMILES string of the molecule is CCCCN(C)C(=O)CSCCCCCOc1ccc(C2=C(c3ccccc3)CC(O)=C(O)c3cc(O)ccc32)cc1. The van der Waals surface area contributed by atoms with Crippen molar-refractivity contribution in [1.29, 1.82) is 0 Å². The van der Waals surface area contributed by atoms with Gasteiger partial charge in [0.1, 0.15) is 17.3 Å². The number of phenolic OH excluding ortho intramolecular Hbond substituents is 1. The fourth-order valence-corrected chi connectivity index (χ4v) is 5.95. The third kappa shape index (κ3) is 8.13. The van der Waals surface area contributed by atoms with Gasteiger partial charge in [0.05, 0.1) is 12.4 Å². The zero-order valence-corrected chi connectivity index (χ0v) is 25.3. The van der Waals surface area contributed by atoms with Crippen LogP contribution in [0.5, 0.6) is 11.5 Å². The second-order valence-corrected chi connectivity index (χ2v) is 11.7. The van der Waals surface area contributed by atoms with E-state index in [2.05, 4.69) is 6.92 Å². The van der Waals surface area contributed by atoms with Crippen LogP contribution in [0.1, 0.15) is 67.7 Å². The van der Waals surface area contributed by atoms with E-state index in [9.17, 15) is 20.1 Å². The van der Waals surface area contributed by atoms with Gasteiger partial charge in [-0.1, -0.05) is 55.8 Å². The van der Waals surface area contributed by atoms with Crippen molar-refractivity contribution in [3.63, 3.8) is 0 Å². The number of fused-ring (bicyclic) bond motifs is 1. The van der Waals surface area contributed by atoms with Gasteiger partial charge in [0, 0.05) is 25.6 Å². The van der Waals surface area contributed by atoms with Crippen LogP contribution < -0.4 is 4.74 Å². The number of thioether (sulfide) groups is 1. The number of hydrogen-bond donors (Lipinski definition) is 3. The number of aromatic hydroxyl groups is 1. The summed E-state index contributed by atoms with van der Waals surface area (Å²) in [5.74, 6) is 2.16. The Balaban J connectivity index is 1.37. The van der Waals surface area contributed by atoms with Crippen LogP contribution >= 0.6 is 11.8 Å². The zero-order chi connectivity index (χ0) is 29.9. The molecule has 7 heteroatoms. The Kier molecular flexibility index (Phi) is 11.4. The lowest BCUT2D eigenvalue weighted by atomic mass is 9.87. The first-order valence-electron chi connectivity index (χ1n) is 14.7. The van der Waals surface area contributed by atoms with Gasteiger partial charge in [-0.2, -0.15) is 11.8 Å². The molecule has 0 radical (unpaired) electrons. The molecule has 0 heterocycles. The maximum Gasteiger partial charge on any atom is 0.232 e. The van der Waals surface area contributed by atoms with E-state index in [1.807, 2.05) is 66.5 Å². The summed E-state index contributed by atoms with van der Waals surface area (Å²) >= 11 is 1.70. The summed E-state index contributed by atoms with van der Waals surface area (Å²) in [4.78, 5) is 14.0. The number of ether oxygens (including phenoxy) is 1.